The van der Waals surface area contributed by atoms with E-state index in [9.17, 15) is 4.79 Å². The zero-order chi connectivity index (χ0) is 14.2. The van der Waals surface area contributed by atoms with Crippen molar-refractivity contribution in [3.8, 4) is 0 Å². The second-order valence-electron chi connectivity index (χ2n) is 5.24. The third kappa shape index (κ3) is 1.89. The first-order chi connectivity index (χ1) is 10.3. The molecule has 0 aliphatic carbocycles. The largest absolute Gasteiger partial charge is 0.307 e. The number of hydrogen-bond acceptors (Lipinski definition) is 2. The number of nitrogens with zero attached hydrogens (tertiary/aromatic N) is 2. The van der Waals surface area contributed by atoms with Crippen LogP contribution in [0.5, 0.6) is 0 Å². The van der Waals surface area contributed by atoms with E-state index in [4.69, 9.17) is 0 Å². The molecule has 102 valence electrons. The first-order valence-electron chi connectivity index (χ1n) is 7.07. The summed E-state index contributed by atoms with van der Waals surface area (Å²) in [5.41, 5.74) is 3.04. The van der Waals surface area contributed by atoms with E-state index in [1.54, 1.807) is 12.4 Å². The molecule has 0 saturated carbocycles. The molecule has 0 fully saturated rings. The molecule has 1 aliphatic rings. The van der Waals surface area contributed by atoms with Gasteiger partial charge >= 0.3 is 0 Å². The van der Waals surface area contributed by atoms with Crippen LogP contribution in [0.2, 0.25) is 0 Å². The molecule has 1 amide bonds. The van der Waals surface area contributed by atoms with Crippen LogP contribution in [-0.2, 0) is 6.42 Å². The van der Waals surface area contributed by atoms with Crippen molar-refractivity contribution in [1.82, 2.24) is 4.98 Å². The first kappa shape index (κ1) is 12.1. The monoisotopic (exact) mass is 274 g/mol. The Labute approximate surface area is 122 Å². The molecule has 0 saturated heterocycles. The molecule has 4 rings (SSSR count). The molecule has 0 unspecified atom stereocenters. The average Bonchev–Trinajstić information content (AvgIpc) is 2.81. The van der Waals surface area contributed by atoms with Gasteiger partial charge in [-0.25, -0.2) is 0 Å². The highest BCUT2D eigenvalue weighted by molar-refractivity contribution is 6.24. The van der Waals surface area contributed by atoms with E-state index in [0.29, 0.717) is 6.54 Å². The highest BCUT2D eigenvalue weighted by atomic mass is 16.2. The van der Waals surface area contributed by atoms with Crippen molar-refractivity contribution < 1.29 is 4.79 Å². The molecular weight excluding hydrogens is 260 g/mol. The first-order valence-corrected chi connectivity index (χ1v) is 7.07. The summed E-state index contributed by atoms with van der Waals surface area (Å²) in [7, 11) is 0. The predicted octanol–water partition coefficient (Wildman–Crippen LogP) is 3.44. The zero-order valence-corrected chi connectivity index (χ0v) is 11.5. The molecular formula is C18H14N2O. The molecule has 1 aromatic heterocycles. The van der Waals surface area contributed by atoms with Crippen LogP contribution in [0.15, 0.2) is 60.9 Å². The number of pyridine rings is 1. The van der Waals surface area contributed by atoms with Crippen LogP contribution >= 0.6 is 0 Å². The standard InChI is InChI=1S/C18H14N2O/c21-18-15-5-1-3-14-4-2-6-16(17(14)15)20(18)12-9-13-7-10-19-11-8-13/h1-8,10-11H,9,12H2. The number of hydrogen-bond donors (Lipinski definition) is 0. The Hall–Kier alpha value is -2.68. The number of rotatable bonds is 3. The number of aromatic nitrogens is 1. The molecule has 1 aliphatic heterocycles. The summed E-state index contributed by atoms with van der Waals surface area (Å²) in [4.78, 5) is 18.5. The second kappa shape index (κ2) is 4.70. The zero-order valence-electron chi connectivity index (χ0n) is 11.5. The van der Waals surface area contributed by atoms with E-state index in [0.717, 1.165) is 28.4 Å². The quantitative estimate of drug-likeness (QED) is 0.733. The maximum atomic E-state index is 12.6. The van der Waals surface area contributed by atoms with Crippen molar-refractivity contribution in [2.24, 2.45) is 0 Å². The lowest BCUT2D eigenvalue weighted by atomic mass is 10.1. The summed E-state index contributed by atoms with van der Waals surface area (Å²) in [6.45, 7) is 0.691. The van der Waals surface area contributed by atoms with Gasteiger partial charge in [-0.05, 0) is 41.6 Å². The lowest BCUT2D eigenvalue weighted by Crippen LogP contribution is -2.28. The van der Waals surface area contributed by atoms with Gasteiger partial charge in [0, 0.05) is 29.9 Å². The Kier molecular flexibility index (Phi) is 2.71. The summed E-state index contributed by atoms with van der Waals surface area (Å²) in [6, 6.07) is 16.0. The highest BCUT2D eigenvalue weighted by Crippen LogP contribution is 2.37. The van der Waals surface area contributed by atoms with Gasteiger partial charge in [0.15, 0.2) is 0 Å². The van der Waals surface area contributed by atoms with Crippen molar-refractivity contribution in [2.75, 3.05) is 11.4 Å². The number of anilines is 1. The summed E-state index contributed by atoms with van der Waals surface area (Å²) in [5, 5.41) is 2.21. The van der Waals surface area contributed by atoms with E-state index in [1.807, 2.05) is 41.3 Å². The molecule has 3 nitrogen and oxygen atoms in total. The molecule has 0 spiro atoms. The van der Waals surface area contributed by atoms with Crippen LogP contribution in [-0.4, -0.2) is 17.4 Å². The molecule has 21 heavy (non-hydrogen) atoms. The number of benzene rings is 2. The van der Waals surface area contributed by atoms with Crippen LogP contribution < -0.4 is 4.90 Å². The lowest BCUT2D eigenvalue weighted by molar-refractivity contribution is 0.0993. The number of carbonyl (C=O) groups excluding carboxylic acids is 1. The minimum atomic E-state index is 0.107. The Morgan fingerprint density at radius 1 is 0.952 bits per heavy atom. The van der Waals surface area contributed by atoms with Crippen LogP contribution in [0, 0.1) is 0 Å². The van der Waals surface area contributed by atoms with Gasteiger partial charge in [0.25, 0.3) is 5.91 Å². The van der Waals surface area contributed by atoms with Gasteiger partial charge in [-0.1, -0.05) is 24.3 Å². The fourth-order valence-corrected chi connectivity index (χ4v) is 2.99. The Morgan fingerprint density at radius 3 is 2.52 bits per heavy atom. The van der Waals surface area contributed by atoms with Crippen molar-refractivity contribution >= 4 is 22.4 Å². The van der Waals surface area contributed by atoms with Crippen LogP contribution in [0.25, 0.3) is 10.8 Å². The van der Waals surface area contributed by atoms with Gasteiger partial charge in [-0.3, -0.25) is 9.78 Å². The topological polar surface area (TPSA) is 33.2 Å². The normalized spacial score (nSPS) is 13.1. The van der Waals surface area contributed by atoms with E-state index < -0.39 is 0 Å². The SMILES string of the molecule is O=C1c2cccc3cccc(c23)N1CCc1ccncc1. The Morgan fingerprint density at radius 2 is 1.71 bits per heavy atom. The van der Waals surface area contributed by atoms with Gasteiger partial charge in [0.2, 0.25) is 0 Å². The minimum absolute atomic E-state index is 0.107. The predicted molar refractivity (Wildman–Crippen MR) is 83.6 cm³/mol. The molecule has 2 heterocycles. The molecule has 0 bridgehead atoms. The smallest absolute Gasteiger partial charge is 0.259 e. The van der Waals surface area contributed by atoms with Crippen LogP contribution in [0.4, 0.5) is 5.69 Å². The van der Waals surface area contributed by atoms with Crippen molar-refractivity contribution in [3.05, 3.63) is 72.1 Å². The number of amides is 1. The minimum Gasteiger partial charge on any atom is -0.307 e. The molecule has 2 aromatic carbocycles. The van der Waals surface area contributed by atoms with Gasteiger partial charge < -0.3 is 4.90 Å². The highest BCUT2D eigenvalue weighted by Gasteiger charge is 2.28. The third-order valence-corrected chi connectivity index (χ3v) is 4.02. The Bertz CT molecular complexity index is 822. The fourth-order valence-electron chi connectivity index (χ4n) is 2.99. The van der Waals surface area contributed by atoms with Gasteiger partial charge in [0.1, 0.15) is 0 Å². The molecule has 3 aromatic rings. The van der Waals surface area contributed by atoms with Crippen molar-refractivity contribution in [1.29, 1.82) is 0 Å². The summed E-state index contributed by atoms with van der Waals surface area (Å²) >= 11 is 0. The summed E-state index contributed by atoms with van der Waals surface area (Å²) < 4.78 is 0. The molecule has 0 N–H and O–H groups in total. The van der Waals surface area contributed by atoms with E-state index >= 15 is 0 Å². The van der Waals surface area contributed by atoms with Gasteiger partial charge in [-0.15, -0.1) is 0 Å². The van der Waals surface area contributed by atoms with Crippen LogP contribution in [0.3, 0.4) is 0 Å². The van der Waals surface area contributed by atoms with E-state index in [2.05, 4.69) is 17.1 Å². The molecule has 0 radical (unpaired) electrons. The van der Waals surface area contributed by atoms with Crippen molar-refractivity contribution in [3.63, 3.8) is 0 Å². The Balaban J connectivity index is 1.70. The fraction of sp³-hybridized carbons (Fsp3) is 0.111. The molecule has 0 atom stereocenters. The number of carbonyl (C=O) groups is 1. The summed E-state index contributed by atoms with van der Waals surface area (Å²) in [5.74, 6) is 0.107. The molecule has 3 heteroatoms. The van der Waals surface area contributed by atoms with E-state index in [1.165, 1.54) is 5.56 Å². The van der Waals surface area contributed by atoms with Gasteiger partial charge in [-0.2, -0.15) is 0 Å². The average molecular weight is 274 g/mol. The van der Waals surface area contributed by atoms with Gasteiger partial charge in [0.05, 0.1) is 5.69 Å². The maximum Gasteiger partial charge on any atom is 0.259 e. The maximum absolute atomic E-state index is 12.6. The summed E-state index contributed by atoms with van der Waals surface area (Å²) in [6.07, 6.45) is 4.41. The van der Waals surface area contributed by atoms with Crippen molar-refractivity contribution in [2.45, 2.75) is 6.42 Å². The second-order valence-corrected chi connectivity index (χ2v) is 5.24. The van der Waals surface area contributed by atoms with E-state index in [-0.39, 0.29) is 5.91 Å². The third-order valence-electron chi connectivity index (χ3n) is 4.02. The van der Waals surface area contributed by atoms with Crippen LogP contribution in [0.1, 0.15) is 15.9 Å². The lowest BCUT2D eigenvalue weighted by Gasteiger charge is -2.17.